The Labute approximate surface area is 133 Å². The molecular weight excluding hydrogens is 370 g/mol. The molecule has 0 aliphatic carbocycles. The minimum atomic E-state index is -0.576. The van der Waals surface area contributed by atoms with E-state index in [-0.39, 0.29) is 41.8 Å². The van der Waals surface area contributed by atoms with E-state index in [1.165, 1.54) is 12.1 Å². The second-order valence-electron chi connectivity index (χ2n) is 3.68. The first-order chi connectivity index (χ1) is 8.68. The van der Waals surface area contributed by atoms with E-state index < -0.39 is 5.97 Å². The van der Waals surface area contributed by atoms with E-state index in [2.05, 4.69) is 0 Å². The second-order valence-corrected chi connectivity index (χ2v) is 4.09. The second kappa shape index (κ2) is 7.40. The first kappa shape index (κ1) is 15.9. The molecule has 2 aromatic rings. The fraction of sp³-hybridized carbons (Fsp3) is 0.0714. The van der Waals surface area contributed by atoms with E-state index in [0.717, 1.165) is 5.56 Å². The molecule has 0 saturated carbocycles. The molecular formula is C14H11ClO3Sn. The summed E-state index contributed by atoms with van der Waals surface area (Å²) in [7, 11) is 0. The molecule has 0 spiro atoms. The van der Waals surface area contributed by atoms with Crippen molar-refractivity contribution in [1.29, 1.82) is 0 Å². The largest absolute Gasteiger partial charge is 0.507 e. The van der Waals surface area contributed by atoms with Crippen molar-refractivity contribution in [3.05, 3.63) is 64.7 Å². The summed E-state index contributed by atoms with van der Waals surface area (Å²) in [6.45, 7) is 0.0762. The van der Waals surface area contributed by atoms with E-state index >= 15 is 0 Å². The molecule has 0 unspecified atom stereocenters. The Bertz CT molecular complexity index is 572. The molecule has 2 aromatic carbocycles. The first-order valence-electron chi connectivity index (χ1n) is 5.37. The molecule has 1 N–H and O–H groups in total. The SMILES string of the molecule is O=C(OCc1ccccc1Cl)c1ccccc1O.[Sn]. The van der Waals surface area contributed by atoms with Gasteiger partial charge in [-0.15, -0.1) is 0 Å². The minimum Gasteiger partial charge on any atom is -0.507 e. The van der Waals surface area contributed by atoms with E-state index in [9.17, 15) is 9.90 Å². The maximum Gasteiger partial charge on any atom is 0.342 e. The molecule has 0 atom stereocenters. The summed E-state index contributed by atoms with van der Waals surface area (Å²) in [5, 5.41) is 10.0. The molecule has 96 valence electrons. The van der Waals surface area contributed by atoms with Gasteiger partial charge in [-0.3, -0.25) is 0 Å². The molecule has 0 aliphatic heterocycles. The van der Waals surface area contributed by atoms with Gasteiger partial charge in [0.15, 0.2) is 0 Å². The molecule has 3 nitrogen and oxygen atoms in total. The van der Waals surface area contributed by atoms with Gasteiger partial charge < -0.3 is 9.84 Å². The Hall–Kier alpha value is -1.20. The van der Waals surface area contributed by atoms with Crippen LogP contribution < -0.4 is 0 Å². The molecule has 0 saturated heterocycles. The molecule has 0 amide bonds. The van der Waals surface area contributed by atoms with Crippen LogP contribution in [0, 0.1) is 0 Å². The minimum absolute atomic E-state index is 0. The van der Waals surface area contributed by atoms with E-state index in [4.69, 9.17) is 16.3 Å². The summed E-state index contributed by atoms with van der Waals surface area (Å²) in [4.78, 5) is 11.7. The number of carbonyl (C=O) groups is 1. The van der Waals surface area contributed by atoms with Crippen molar-refractivity contribution in [2.75, 3.05) is 0 Å². The van der Waals surface area contributed by atoms with Crippen LogP contribution >= 0.6 is 11.6 Å². The van der Waals surface area contributed by atoms with Crippen LogP contribution in [0.3, 0.4) is 0 Å². The maximum atomic E-state index is 11.7. The summed E-state index contributed by atoms with van der Waals surface area (Å²) >= 11 is 5.94. The molecule has 5 heteroatoms. The van der Waals surface area contributed by atoms with Gasteiger partial charge in [0.25, 0.3) is 0 Å². The van der Waals surface area contributed by atoms with Gasteiger partial charge in [0, 0.05) is 34.5 Å². The monoisotopic (exact) mass is 382 g/mol. The summed E-state index contributed by atoms with van der Waals surface area (Å²) < 4.78 is 5.09. The van der Waals surface area contributed by atoms with Gasteiger partial charge in [0.05, 0.1) is 0 Å². The van der Waals surface area contributed by atoms with Crippen molar-refractivity contribution in [2.24, 2.45) is 0 Å². The molecule has 0 fully saturated rings. The van der Waals surface area contributed by atoms with Crippen molar-refractivity contribution in [3.63, 3.8) is 0 Å². The zero-order valence-corrected chi connectivity index (χ0v) is 13.6. The van der Waals surface area contributed by atoms with Gasteiger partial charge in [-0.25, -0.2) is 4.79 Å². The number of ether oxygens (including phenoxy) is 1. The van der Waals surface area contributed by atoms with Gasteiger partial charge in [0.1, 0.15) is 17.9 Å². The number of hydrogen-bond acceptors (Lipinski definition) is 3. The van der Waals surface area contributed by atoms with Crippen molar-refractivity contribution in [2.45, 2.75) is 6.61 Å². The number of carbonyl (C=O) groups excluding carboxylic acids is 1. The molecule has 0 heterocycles. The number of phenolic OH excluding ortho intramolecular Hbond substituents is 1. The Morgan fingerprint density at radius 2 is 1.74 bits per heavy atom. The van der Waals surface area contributed by atoms with Crippen molar-refractivity contribution >= 4 is 41.5 Å². The average Bonchev–Trinajstić information content (AvgIpc) is 2.38. The van der Waals surface area contributed by atoms with Crippen LogP contribution in [-0.4, -0.2) is 35.0 Å². The van der Waals surface area contributed by atoms with E-state index in [0.29, 0.717) is 5.02 Å². The van der Waals surface area contributed by atoms with Crippen LogP contribution in [0.15, 0.2) is 48.5 Å². The van der Waals surface area contributed by atoms with Crippen molar-refractivity contribution < 1.29 is 14.6 Å². The maximum absolute atomic E-state index is 11.7. The van der Waals surface area contributed by atoms with Gasteiger partial charge >= 0.3 is 5.97 Å². The van der Waals surface area contributed by atoms with Crippen LogP contribution in [0.2, 0.25) is 5.02 Å². The molecule has 0 aromatic heterocycles. The third-order valence-corrected chi connectivity index (χ3v) is 2.81. The molecule has 0 aliphatic rings. The predicted molar refractivity (Wildman–Crippen MR) is 74.4 cm³/mol. The van der Waals surface area contributed by atoms with Crippen LogP contribution in [0.1, 0.15) is 15.9 Å². The summed E-state index contributed by atoms with van der Waals surface area (Å²) in [6.07, 6.45) is 0. The Morgan fingerprint density at radius 1 is 1.11 bits per heavy atom. The number of para-hydroxylation sites is 1. The third-order valence-electron chi connectivity index (χ3n) is 2.44. The normalized spacial score (nSPS) is 9.53. The number of esters is 1. The molecule has 19 heavy (non-hydrogen) atoms. The summed E-state index contributed by atoms with van der Waals surface area (Å²) in [5.41, 5.74) is 0.868. The van der Waals surface area contributed by atoms with Gasteiger partial charge in [-0.05, 0) is 18.2 Å². The van der Waals surface area contributed by atoms with E-state index in [1.807, 2.05) is 6.07 Å². The number of halogens is 1. The molecule has 2 rings (SSSR count). The zero-order valence-electron chi connectivity index (χ0n) is 9.97. The van der Waals surface area contributed by atoms with Crippen LogP contribution in [0.4, 0.5) is 0 Å². The summed E-state index contributed by atoms with van der Waals surface area (Å²) in [6, 6.07) is 13.4. The van der Waals surface area contributed by atoms with Gasteiger partial charge in [-0.1, -0.05) is 41.9 Å². The molecule has 4 radical (unpaired) electrons. The average molecular weight is 381 g/mol. The number of benzene rings is 2. The Morgan fingerprint density at radius 3 is 2.42 bits per heavy atom. The zero-order chi connectivity index (χ0) is 13.0. The summed E-state index contributed by atoms with van der Waals surface area (Å²) in [5.74, 6) is -0.672. The fourth-order valence-electron chi connectivity index (χ4n) is 1.48. The standard InChI is InChI=1S/C14H11ClO3.Sn/c15-12-7-3-1-5-10(12)9-18-14(17)11-6-2-4-8-13(11)16;/h1-8,16H,9H2;. The first-order valence-corrected chi connectivity index (χ1v) is 5.75. The van der Waals surface area contributed by atoms with E-state index in [1.54, 1.807) is 30.3 Å². The number of aromatic hydroxyl groups is 1. The number of phenols is 1. The van der Waals surface area contributed by atoms with Crippen LogP contribution in [0.5, 0.6) is 5.75 Å². The fourth-order valence-corrected chi connectivity index (χ4v) is 1.67. The quantitative estimate of drug-likeness (QED) is 0.657. The van der Waals surface area contributed by atoms with Gasteiger partial charge in [0.2, 0.25) is 0 Å². The Balaban J connectivity index is 0.00000180. The predicted octanol–water partition coefficient (Wildman–Crippen LogP) is 3.02. The smallest absolute Gasteiger partial charge is 0.342 e. The van der Waals surface area contributed by atoms with Gasteiger partial charge in [-0.2, -0.15) is 0 Å². The van der Waals surface area contributed by atoms with Crippen LogP contribution in [-0.2, 0) is 11.3 Å². The Kier molecular flexibility index (Phi) is 6.18. The third kappa shape index (κ3) is 4.14. The number of rotatable bonds is 3. The van der Waals surface area contributed by atoms with Crippen LogP contribution in [0.25, 0.3) is 0 Å². The van der Waals surface area contributed by atoms with Crippen molar-refractivity contribution in [3.8, 4) is 5.75 Å². The van der Waals surface area contributed by atoms with Crippen molar-refractivity contribution in [1.82, 2.24) is 0 Å². The molecule has 0 bridgehead atoms. The topological polar surface area (TPSA) is 46.5 Å². The number of hydrogen-bond donors (Lipinski definition) is 1.